The molecule has 0 unspecified atom stereocenters. The summed E-state index contributed by atoms with van der Waals surface area (Å²) in [5.74, 6) is -0.150. The molecule has 0 heterocycles. The molecule has 0 saturated heterocycles. The second kappa shape index (κ2) is 12.7. The van der Waals surface area contributed by atoms with Crippen LogP contribution < -0.4 is 5.73 Å². The van der Waals surface area contributed by atoms with Crippen LogP contribution in [0.5, 0.6) is 0 Å². The van der Waals surface area contributed by atoms with Gasteiger partial charge in [0.05, 0.1) is 0 Å². The first-order valence-electron chi connectivity index (χ1n) is 10.1. The molecule has 1 atom stereocenters. The average Bonchev–Trinajstić information content (AvgIpc) is 2.63. The van der Waals surface area contributed by atoms with Gasteiger partial charge in [-0.25, -0.2) is 0 Å². The van der Waals surface area contributed by atoms with Gasteiger partial charge in [-0.3, -0.25) is 0 Å². The molecule has 0 aromatic heterocycles. The van der Waals surface area contributed by atoms with Gasteiger partial charge in [-0.05, 0) is 0 Å². The summed E-state index contributed by atoms with van der Waals surface area (Å²) < 4.78 is 9.81. The van der Waals surface area contributed by atoms with Crippen LogP contribution >= 0.6 is 0 Å². The first kappa shape index (κ1) is 22.5. The first-order valence-corrected chi connectivity index (χ1v) is 17.3. The van der Waals surface area contributed by atoms with Crippen LogP contribution in [0.25, 0.3) is 0 Å². The summed E-state index contributed by atoms with van der Waals surface area (Å²) in [6.45, 7) is 6.66. The normalized spacial score (nSPS) is 12.8. The number of carbonyl (C=O) groups is 1. The quantitative estimate of drug-likeness (QED) is 0.404. The fraction of sp³-hybridized carbons (Fsp3) is 0.667. The third-order valence-corrected chi connectivity index (χ3v) is 17.5. The molecule has 4 heteroatoms. The second-order valence-corrected chi connectivity index (χ2v) is 18.8. The molecule has 1 aromatic rings. The minimum absolute atomic E-state index is 0.150. The summed E-state index contributed by atoms with van der Waals surface area (Å²) in [4.78, 5) is 12.8. The Morgan fingerprint density at radius 1 is 0.960 bits per heavy atom. The molecule has 0 saturated carbocycles. The fourth-order valence-electron chi connectivity index (χ4n) is 3.27. The van der Waals surface area contributed by atoms with Crippen LogP contribution in [0.3, 0.4) is 0 Å². The third kappa shape index (κ3) is 8.58. The molecule has 0 radical (unpaired) electrons. The molecule has 0 aliphatic rings. The summed E-state index contributed by atoms with van der Waals surface area (Å²) >= 11 is -2.90. The molecule has 1 rings (SSSR count). The van der Waals surface area contributed by atoms with Crippen molar-refractivity contribution in [1.82, 2.24) is 0 Å². The van der Waals surface area contributed by atoms with E-state index in [1.54, 1.807) is 0 Å². The van der Waals surface area contributed by atoms with Crippen LogP contribution in [0.1, 0.15) is 64.9 Å². The van der Waals surface area contributed by atoms with Crippen LogP contribution in [0, 0.1) is 0 Å². The zero-order valence-electron chi connectivity index (χ0n) is 16.4. The van der Waals surface area contributed by atoms with Gasteiger partial charge in [0, 0.05) is 0 Å². The summed E-state index contributed by atoms with van der Waals surface area (Å²) in [6.07, 6.45) is 7.64. The van der Waals surface area contributed by atoms with Crippen LogP contribution in [-0.4, -0.2) is 30.8 Å². The monoisotopic (exact) mass is 455 g/mol. The van der Waals surface area contributed by atoms with Crippen molar-refractivity contribution >= 4 is 24.8 Å². The van der Waals surface area contributed by atoms with E-state index in [4.69, 9.17) is 8.81 Å². The van der Waals surface area contributed by atoms with E-state index in [1.165, 1.54) is 38.5 Å². The van der Waals surface area contributed by atoms with Crippen molar-refractivity contribution in [3.8, 4) is 0 Å². The molecule has 0 aliphatic heterocycles. The van der Waals surface area contributed by atoms with E-state index in [0.717, 1.165) is 18.9 Å². The number of unbranched alkanes of at least 4 members (excludes halogenated alkanes) is 3. The van der Waals surface area contributed by atoms with Crippen molar-refractivity contribution in [2.75, 3.05) is 0 Å². The van der Waals surface area contributed by atoms with E-state index >= 15 is 0 Å². The Labute approximate surface area is 159 Å². The molecule has 0 bridgehead atoms. The molecule has 25 heavy (non-hydrogen) atoms. The molecule has 0 spiro atoms. The van der Waals surface area contributed by atoms with Crippen molar-refractivity contribution in [2.24, 2.45) is 5.73 Å². The summed E-state index contributed by atoms with van der Waals surface area (Å²) in [5.41, 5.74) is 7.30. The molecule has 3 nitrogen and oxygen atoms in total. The van der Waals surface area contributed by atoms with Gasteiger partial charge in [-0.1, -0.05) is 0 Å². The van der Waals surface area contributed by atoms with E-state index in [9.17, 15) is 4.79 Å². The Hall–Kier alpha value is -0.551. The van der Waals surface area contributed by atoms with Gasteiger partial charge in [0.2, 0.25) is 0 Å². The number of rotatable bonds is 13. The standard InChI is InChI=1S/C9H11NO2.3C4H9.Sn/c10-8(9(11)12)6-7-4-2-1-3-5-7;3*1-3-4-2;/h1-5,8H,6,10H2,(H,11,12);3*1,3-4H2,2H3;/q;;;;+1/p-1/t8-;;;;/m0..../s1. The SMILES string of the molecule is CCC[CH2][Sn]([CH2]CCC)([CH2]CCC)[O]C(=O)[C@@H](N)Cc1ccccc1. The Morgan fingerprint density at radius 2 is 1.44 bits per heavy atom. The van der Waals surface area contributed by atoms with Crippen molar-refractivity contribution in [3.05, 3.63) is 35.9 Å². The van der Waals surface area contributed by atoms with Gasteiger partial charge in [0.15, 0.2) is 0 Å². The van der Waals surface area contributed by atoms with Gasteiger partial charge >= 0.3 is 159 Å². The first-order chi connectivity index (χ1) is 12.1. The maximum absolute atomic E-state index is 12.8. The molecule has 0 amide bonds. The molecule has 1 aromatic carbocycles. The summed E-state index contributed by atoms with van der Waals surface area (Å²) in [7, 11) is 0. The predicted octanol–water partition coefficient (Wildman–Crippen LogP) is 5.45. The molecular formula is C21H37NO2Sn. The average molecular weight is 454 g/mol. The van der Waals surface area contributed by atoms with Crippen molar-refractivity contribution in [3.63, 3.8) is 0 Å². The van der Waals surface area contributed by atoms with Crippen molar-refractivity contribution < 1.29 is 7.87 Å². The molecule has 0 fully saturated rings. The maximum atomic E-state index is 12.8. The number of carbonyl (C=O) groups excluding carboxylic acids is 1. The van der Waals surface area contributed by atoms with E-state index in [-0.39, 0.29) is 5.97 Å². The minimum atomic E-state index is -2.90. The Kier molecular flexibility index (Phi) is 11.5. The van der Waals surface area contributed by atoms with E-state index in [0.29, 0.717) is 6.42 Å². The Morgan fingerprint density at radius 3 is 1.88 bits per heavy atom. The van der Waals surface area contributed by atoms with E-state index in [2.05, 4.69) is 20.8 Å². The Balaban J connectivity index is 2.78. The van der Waals surface area contributed by atoms with Crippen molar-refractivity contribution in [1.29, 1.82) is 0 Å². The zero-order chi connectivity index (χ0) is 18.5. The van der Waals surface area contributed by atoms with Crippen LogP contribution in [-0.2, 0) is 14.3 Å². The number of nitrogens with two attached hydrogens (primary N) is 1. The number of benzene rings is 1. The van der Waals surface area contributed by atoms with Crippen molar-refractivity contribution in [2.45, 2.75) is 85.1 Å². The van der Waals surface area contributed by atoms with Gasteiger partial charge < -0.3 is 0 Å². The predicted molar refractivity (Wildman–Crippen MR) is 109 cm³/mol. The van der Waals surface area contributed by atoms with E-state index in [1.807, 2.05) is 30.3 Å². The van der Waals surface area contributed by atoms with Gasteiger partial charge in [-0.2, -0.15) is 0 Å². The summed E-state index contributed by atoms with van der Waals surface area (Å²) in [5, 5.41) is 0. The molecular weight excluding hydrogens is 417 g/mol. The Bertz CT molecular complexity index is 456. The molecule has 2 N–H and O–H groups in total. The van der Waals surface area contributed by atoms with Crippen LogP contribution in [0.4, 0.5) is 0 Å². The number of hydrogen-bond acceptors (Lipinski definition) is 3. The fourth-order valence-corrected chi connectivity index (χ4v) is 16.5. The third-order valence-electron chi connectivity index (χ3n) is 4.88. The van der Waals surface area contributed by atoms with Gasteiger partial charge in [0.25, 0.3) is 0 Å². The second-order valence-electron chi connectivity index (χ2n) is 7.21. The number of hydrogen-bond donors (Lipinski definition) is 1. The van der Waals surface area contributed by atoms with E-state index < -0.39 is 24.8 Å². The zero-order valence-corrected chi connectivity index (χ0v) is 19.3. The molecule has 0 aliphatic carbocycles. The molecule has 142 valence electrons. The van der Waals surface area contributed by atoms with Crippen LogP contribution in [0.2, 0.25) is 13.3 Å². The topological polar surface area (TPSA) is 52.3 Å². The summed E-state index contributed by atoms with van der Waals surface area (Å²) in [6, 6.07) is 9.46. The van der Waals surface area contributed by atoms with Gasteiger partial charge in [0.1, 0.15) is 0 Å². The van der Waals surface area contributed by atoms with Crippen LogP contribution in [0.15, 0.2) is 30.3 Å². The van der Waals surface area contributed by atoms with Gasteiger partial charge in [-0.15, -0.1) is 0 Å².